The fourth-order valence-corrected chi connectivity index (χ4v) is 9.83. The monoisotopic (exact) mass is 760 g/mol. The van der Waals surface area contributed by atoms with Crippen LogP contribution in [-0.2, 0) is 44.6 Å². The minimum Gasteiger partial charge on any atom is -0.465 e. The normalized spacial score (nSPS) is 35.3. The topological polar surface area (TPSA) is 214 Å². The minimum absolute atomic E-state index is 0.0220. The van der Waals surface area contributed by atoms with E-state index in [1.54, 1.807) is 39.0 Å². The van der Waals surface area contributed by atoms with Crippen LogP contribution in [0.1, 0.15) is 71.8 Å². The number of unbranched alkanes of at least 4 members (excludes halogenated alkanes) is 1. The van der Waals surface area contributed by atoms with Crippen molar-refractivity contribution in [1.82, 2.24) is 5.39 Å². The molecular weight excluding hydrogens is 711 g/mol. The fraction of sp³-hybridized carbons (Fsp3) is 0.632. The van der Waals surface area contributed by atoms with E-state index in [9.17, 15) is 24.3 Å². The number of fused-ring (bicyclic) bond motifs is 7. The Morgan fingerprint density at radius 2 is 1.76 bits per heavy atom. The first-order chi connectivity index (χ1) is 25.4. The van der Waals surface area contributed by atoms with Crippen LogP contribution in [0.5, 0.6) is 5.75 Å². The summed E-state index contributed by atoms with van der Waals surface area (Å²) in [6.45, 7) is 6.28. The smallest absolute Gasteiger partial charge is 0.465 e. The number of nitrogens with zero attached hydrogens (tertiary/aromatic N) is 1. The highest BCUT2D eigenvalue weighted by Gasteiger charge is 2.80. The number of benzene rings is 1. The zero-order valence-corrected chi connectivity index (χ0v) is 30.8. The van der Waals surface area contributed by atoms with E-state index < -0.39 is 87.9 Å². The van der Waals surface area contributed by atoms with Crippen LogP contribution in [0.15, 0.2) is 48.1 Å². The number of aliphatic hydroxyl groups excluding tert-OH is 1. The first-order valence-corrected chi connectivity index (χ1v) is 18.3. The number of allylic oxidation sites excluding steroid dienone is 4. The van der Waals surface area contributed by atoms with E-state index in [1.165, 1.54) is 24.3 Å². The molecule has 16 heteroatoms. The number of carbonyl (C=O) groups is 4. The maximum atomic E-state index is 17.7. The van der Waals surface area contributed by atoms with Crippen molar-refractivity contribution in [3.63, 3.8) is 0 Å². The lowest BCUT2D eigenvalue weighted by Gasteiger charge is -2.62. The van der Waals surface area contributed by atoms with E-state index in [0.29, 0.717) is 36.8 Å². The number of ether oxygens (including phenoxy) is 5. The molecule has 2 unspecified atom stereocenters. The number of hydrogen-bond donors (Lipinski definition) is 4. The number of alkyl halides is 1. The van der Waals surface area contributed by atoms with E-state index in [2.05, 4.69) is 4.84 Å². The van der Waals surface area contributed by atoms with Crippen LogP contribution in [0.2, 0.25) is 0 Å². The maximum Gasteiger partial charge on any atom is 0.514 e. The second kappa shape index (κ2) is 14.8. The molecule has 0 aromatic heterocycles. The largest absolute Gasteiger partial charge is 0.514 e. The number of ketones is 2. The Kier molecular flexibility index (Phi) is 11.0. The molecule has 0 amide bonds. The molecule has 5 N–H and O–H groups in total. The van der Waals surface area contributed by atoms with Crippen molar-refractivity contribution >= 4 is 23.7 Å². The van der Waals surface area contributed by atoms with Gasteiger partial charge in [-0.05, 0) is 101 Å². The molecule has 4 fully saturated rings. The van der Waals surface area contributed by atoms with Crippen molar-refractivity contribution in [2.75, 3.05) is 19.8 Å². The summed E-state index contributed by atoms with van der Waals surface area (Å²) in [4.78, 5) is 56.0. The predicted octanol–water partition coefficient (Wildman–Crippen LogP) is 3.85. The van der Waals surface area contributed by atoms with Crippen molar-refractivity contribution in [3.8, 4) is 5.75 Å². The number of carbonyl (C=O) groups excluding carboxylic acids is 4. The number of rotatable bonds is 13. The summed E-state index contributed by atoms with van der Waals surface area (Å²) < 4.78 is 46.2. The summed E-state index contributed by atoms with van der Waals surface area (Å²) in [5.74, 6) is -3.61. The van der Waals surface area contributed by atoms with Crippen molar-refractivity contribution in [2.45, 2.75) is 108 Å². The van der Waals surface area contributed by atoms with Gasteiger partial charge in [0.1, 0.15) is 11.8 Å². The zero-order valence-electron chi connectivity index (χ0n) is 30.8. The Bertz CT molecular complexity index is 1700. The molecule has 1 saturated heterocycles. The minimum atomic E-state index is -2.11. The van der Waals surface area contributed by atoms with Gasteiger partial charge in [0.05, 0.1) is 30.8 Å². The summed E-state index contributed by atoms with van der Waals surface area (Å²) in [7, 11) is 0. The van der Waals surface area contributed by atoms with Crippen LogP contribution in [0.3, 0.4) is 0 Å². The molecule has 15 nitrogen and oxygen atoms in total. The molecule has 1 aromatic rings. The van der Waals surface area contributed by atoms with Gasteiger partial charge >= 0.3 is 12.1 Å². The lowest BCUT2D eigenvalue weighted by Crippen LogP contribution is -2.70. The van der Waals surface area contributed by atoms with E-state index in [0.717, 1.165) is 0 Å². The third-order valence-corrected chi connectivity index (χ3v) is 12.2. The van der Waals surface area contributed by atoms with Gasteiger partial charge in [-0.1, -0.05) is 30.7 Å². The van der Waals surface area contributed by atoms with Crippen molar-refractivity contribution in [2.24, 2.45) is 28.4 Å². The number of esters is 1. The van der Waals surface area contributed by atoms with E-state index in [-0.39, 0.29) is 44.0 Å². The van der Waals surface area contributed by atoms with Crippen LogP contribution in [0.25, 0.3) is 0 Å². The summed E-state index contributed by atoms with van der Waals surface area (Å²) in [6, 6.07) is 5.20. The van der Waals surface area contributed by atoms with Crippen molar-refractivity contribution in [3.05, 3.63) is 53.6 Å². The number of nitrogens with two attached hydrogens (primary N) is 1. The quantitative estimate of drug-likeness (QED) is 0.0973. The molecule has 3 saturated carbocycles. The lowest BCUT2D eigenvalue weighted by atomic mass is 9.44. The Morgan fingerprint density at radius 1 is 1.06 bits per heavy atom. The SMILES string of the molecule is CC1(C)O[C@@H]2CC3C4CCC5=CC(=O)C=C[C@]5(C)[C@@]4(F)[C@@H](O)C[C@]3(C)[C@]2(C(=O)COC(=O)Oc2ccc(C[C@H](N)C(=O)OCCCCON(O)O)cc2)O1. The molecule has 1 aliphatic heterocycles. The average Bonchev–Trinajstić information content (AvgIpc) is 3.51. The third kappa shape index (κ3) is 6.91. The molecule has 6 rings (SSSR count). The Labute approximate surface area is 312 Å². The lowest BCUT2D eigenvalue weighted by molar-refractivity contribution is -0.492. The van der Waals surface area contributed by atoms with Crippen LogP contribution in [-0.4, -0.2) is 99.7 Å². The average molecular weight is 761 g/mol. The molecular formula is C38H49FN2O13. The van der Waals surface area contributed by atoms with E-state index in [1.807, 2.05) is 6.92 Å². The molecule has 54 heavy (non-hydrogen) atoms. The van der Waals surface area contributed by atoms with Gasteiger partial charge in [0.2, 0.25) is 5.78 Å². The summed E-state index contributed by atoms with van der Waals surface area (Å²) in [5.41, 5.74) is 1.22. The molecule has 1 heterocycles. The standard InChI is InChI=1S/C38H49FN2O13/c1-34(2)53-31-19-27-26-12-9-23-18-24(42)13-14-35(23,3)37(26,39)29(43)20-36(27,4)38(31,54-34)30(44)21-50-33(46)52-25-10-7-22(8-11-25)17-28(40)32(45)49-15-5-6-16-51-41(47)48/h7-8,10-11,13-14,18,26-29,31,43,47-48H,5-6,9,12,15-17,19-21,40H2,1-4H3/t26?,27?,28-,29-,31+,35-,36-,37-,38+/m0/s1. The highest BCUT2D eigenvalue weighted by atomic mass is 19.1. The fourth-order valence-electron chi connectivity index (χ4n) is 9.83. The van der Waals surface area contributed by atoms with Gasteiger partial charge in [-0.2, -0.15) is 0 Å². The highest BCUT2D eigenvalue weighted by molar-refractivity contribution is 6.01. The highest BCUT2D eigenvalue weighted by Crippen LogP contribution is 2.72. The van der Waals surface area contributed by atoms with Gasteiger partial charge in [-0.3, -0.25) is 29.6 Å². The summed E-state index contributed by atoms with van der Waals surface area (Å²) in [5, 5.41) is 28.4. The van der Waals surface area contributed by atoms with Crippen molar-refractivity contribution < 1.29 is 67.6 Å². The summed E-state index contributed by atoms with van der Waals surface area (Å²) >= 11 is 0. The number of Topliss-reactive ketones (excluding diaryl/α,β-unsaturated/α-hetero) is 1. The van der Waals surface area contributed by atoms with Crippen LogP contribution in [0, 0.1) is 22.7 Å². The summed E-state index contributed by atoms with van der Waals surface area (Å²) in [6.07, 6.45) is 2.91. The first kappa shape index (κ1) is 40.1. The van der Waals surface area contributed by atoms with Gasteiger partial charge in [-0.15, -0.1) is 0 Å². The van der Waals surface area contributed by atoms with E-state index in [4.69, 9.17) is 39.8 Å². The first-order valence-electron chi connectivity index (χ1n) is 18.3. The van der Waals surface area contributed by atoms with Gasteiger partial charge < -0.3 is 34.5 Å². The Balaban J connectivity index is 1.07. The molecule has 9 atom stereocenters. The number of hydrogen-bond acceptors (Lipinski definition) is 15. The zero-order chi connectivity index (χ0) is 39.3. The molecule has 0 bridgehead atoms. The number of aliphatic hydroxyl groups is 1. The predicted molar refractivity (Wildman–Crippen MR) is 183 cm³/mol. The molecule has 4 aliphatic carbocycles. The second-order valence-corrected chi connectivity index (χ2v) is 15.8. The van der Waals surface area contributed by atoms with Crippen LogP contribution >= 0.6 is 0 Å². The Hall–Kier alpha value is -3.61. The van der Waals surface area contributed by atoms with Gasteiger partial charge in [0, 0.05) is 16.7 Å². The van der Waals surface area contributed by atoms with E-state index >= 15 is 4.39 Å². The molecule has 0 spiro atoms. The van der Waals surface area contributed by atoms with Gasteiger partial charge in [0.15, 0.2) is 29.4 Å². The third-order valence-electron chi connectivity index (χ3n) is 12.2. The molecule has 1 aromatic carbocycles. The van der Waals surface area contributed by atoms with Crippen molar-refractivity contribution in [1.29, 1.82) is 0 Å². The maximum absolute atomic E-state index is 17.7. The van der Waals surface area contributed by atoms with Gasteiger partial charge in [-0.25, -0.2) is 9.18 Å². The van der Waals surface area contributed by atoms with Gasteiger partial charge in [0.25, 0.3) is 0 Å². The molecule has 5 aliphatic rings. The molecule has 296 valence electrons. The molecule has 0 radical (unpaired) electrons. The Morgan fingerprint density at radius 3 is 2.46 bits per heavy atom. The number of halogens is 1. The second-order valence-electron chi connectivity index (χ2n) is 15.8. The van der Waals surface area contributed by atoms with Crippen LogP contribution in [0.4, 0.5) is 9.18 Å². The van der Waals surface area contributed by atoms with Crippen LogP contribution < -0.4 is 10.5 Å².